The summed E-state index contributed by atoms with van der Waals surface area (Å²) in [5.41, 5.74) is 1.32. The van der Waals surface area contributed by atoms with Gasteiger partial charge in [-0.25, -0.2) is 0 Å². The Labute approximate surface area is 103 Å². The maximum Gasteiger partial charge on any atom is 0.186 e. The molecular weight excluding hydrogens is 208 g/mol. The molecule has 0 fully saturated rings. The topological polar surface area (TPSA) is 19.9 Å². The number of hydrogen-bond acceptors (Lipinski definition) is 0. The Balaban J connectivity index is 2.19. The highest BCUT2D eigenvalue weighted by Crippen LogP contribution is 2.28. The van der Waals surface area contributed by atoms with E-state index in [1.165, 1.54) is 31.2 Å². The summed E-state index contributed by atoms with van der Waals surface area (Å²) in [6.45, 7) is 2.22. The van der Waals surface area contributed by atoms with Gasteiger partial charge >= 0.3 is 0 Å². The predicted molar refractivity (Wildman–Crippen MR) is 71.9 cm³/mol. The van der Waals surface area contributed by atoms with Crippen molar-refractivity contribution in [1.82, 2.24) is 0 Å². The molecule has 0 unspecified atom stereocenters. The molecular formula is C16H19O. The summed E-state index contributed by atoms with van der Waals surface area (Å²) >= 11 is 0. The van der Waals surface area contributed by atoms with Crippen molar-refractivity contribution >= 4 is 10.8 Å². The zero-order valence-corrected chi connectivity index (χ0v) is 10.4. The summed E-state index contributed by atoms with van der Waals surface area (Å²) in [6.07, 6.45) is 6.15. The van der Waals surface area contributed by atoms with Crippen molar-refractivity contribution in [2.24, 2.45) is 0 Å². The third-order valence-electron chi connectivity index (χ3n) is 3.27. The summed E-state index contributed by atoms with van der Waals surface area (Å²) in [4.78, 5) is 0. The van der Waals surface area contributed by atoms with Gasteiger partial charge in [0.25, 0.3) is 0 Å². The van der Waals surface area contributed by atoms with Gasteiger partial charge in [0.15, 0.2) is 5.75 Å². The lowest BCUT2D eigenvalue weighted by Crippen LogP contribution is -1.88. The Bertz CT molecular complexity index is 488. The van der Waals surface area contributed by atoms with Crippen LogP contribution in [0.15, 0.2) is 36.4 Å². The fourth-order valence-corrected chi connectivity index (χ4v) is 2.31. The van der Waals surface area contributed by atoms with Gasteiger partial charge in [-0.2, -0.15) is 0 Å². The summed E-state index contributed by atoms with van der Waals surface area (Å²) in [5, 5.41) is 13.7. The average molecular weight is 227 g/mol. The number of rotatable bonds is 5. The van der Waals surface area contributed by atoms with Gasteiger partial charge in [0.05, 0.1) is 0 Å². The van der Waals surface area contributed by atoms with Gasteiger partial charge < -0.3 is 0 Å². The minimum atomic E-state index is 0.137. The van der Waals surface area contributed by atoms with Gasteiger partial charge in [-0.15, -0.1) is 0 Å². The van der Waals surface area contributed by atoms with Gasteiger partial charge in [0, 0.05) is 5.39 Å². The lowest BCUT2D eigenvalue weighted by molar-refractivity contribution is 0.360. The third-order valence-corrected chi connectivity index (χ3v) is 3.27. The molecule has 2 aromatic rings. The minimum Gasteiger partial charge on any atom is -0.289 e. The molecule has 0 amide bonds. The van der Waals surface area contributed by atoms with Crippen LogP contribution in [0.3, 0.4) is 0 Å². The van der Waals surface area contributed by atoms with E-state index >= 15 is 0 Å². The van der Waals surface area contributed by atoms with Crippen LogP contribution in [-0.2, 0) is 11.5 Å². The van der Waals surface area contributed by atoms with Crippen LogP contribution >= 0.6 is 0 Å². The molecule has 1 heteroatoms. The first-order valence-electron chi connectivity index (χ1n) is 6.50. The molecule has 0 aliphatic heterocycles. The number of aryl methyl sites for hydroxylation is 1. The zero-order valence-electron chi connectivity index (χ0n) is 10.4. The molecule has 0 saturated carbocycles. The molecule has 0 aliphatic rings. The lowest BCUT2D eigenvalue weighted by Gasteiger charge is -2.06. The molecule has 1 radical (unpaired) electrons. The maximum absolute atomic E-state index is 11.7. The molecule has 0 N–H and O–H groups in total. The standard InChI is InChI=1S/C16H19O/c1-2-3-4-5-8-13-9-6-11-15-14(13)10-7-12-16(15)17/h6-7,9-12H,2-5,8H2,1H3. The van der Waals surface area contributed by atoms with E-state index in [9.17, 15) is 5.11 Å². The van der Waals surface area contributed by atoms with E-state index in [-0.39, 0.29) is 5.75 Å². The fraction of sp³-hybridized carbons (Fsp3) is 0.375. The molecule has 0 heterocycles. The summed E-state index contributed by atoms with van der Waals surface area (Å²) in [7, 11) is 0. The number of fused-ring (bicyclic) bond motifs is 1. The molecule has 2 aromatic carbocycles. The third kappa shape index (κ3) is 2.79. The molecule has 17 heavy (non-hydrogen) atoms. The smallest absolute Gasteiger partial charge is 0.186 e. The maximum atomic E-state index is 11.7. The van der Waals surface area contributed by atoms with Crippen LogP contribution < -0.4 is 0 Å². The Morgan fingerprint density at radius 1 is 0.882 bits per heavy atom. The second-order valence-electron chi connectivity index (χ2n) is 4.58. The fourth-order valence-electron chi connectivity index (χ4n) is 2.31. The molecule has 2 rings (SSSR count). The first kappa shape index (κ1) is 12.0. The number of hydrogen-bond donors (Lipinski definition) is 0. The molecule has 0 bridgehead atoms. The molecule has 0 aliphatic carbocycles. The Morgan fingerprint density at radius 3 is 2.47 bits per heavy atom. The van der Waals surface area contributed by atoms with Crippen LogP contribution in [0.5, 0.6) is 5.75 Å². The Kier molecular flexibility index (Phi) is 4.03. The van der Waals surface area contributed by atoms with E-state index in [1.807, 2.05) is 18.2 Å². The molecule has 89 valence electrons. The molecule has 1 nitrogen and oxygen atoms in total. The number of unbranched alkanes of at least 4 members (excludes halogenated alkanes) is 3. The van der Waals surface area contributed by atoms with Gasteiger partial charge in [-0.05, 0) is 29.9 Å². The van der Waals surface area contributed by atoms with Crippen LogP contribution in [0.2, 0.25) is 0 Å². The molecule has 0 spiro atoms. The van der Waals surface area contributed by atoms with Crippen LogP contribution in [0.4, 0.5) is 0 Å². The Morgan fingerprint density at radius 2 is 1.65 bits per heavy atom. The van der Waals surface area contributed by atoms with Crippen molar-refractivity contribution in [1.29, 1.82) is 0 Å². The second kappa shape index (κ2) is 5.72. The Hall–Kier alpha value is -1.50. The highest BCUT2D eigenvalue weighted by atomic mass is 16.3. The van der Waals surface area contributed by atoms with E-state index in [0.29, 0.717) is 0 Å². The predicted octanol–water partition coefficient (Wildman–Crippen LogP) is 5.11. The molecule has 0 aromatic heterocycles. The largest absolute Gasteiger partial charge is 0.289 e. The van der Waals surface area contributed by atoms with E-state index < -0.39 is 0 Å². The molecule has 0 saturated heterocycles. The quantitative estimate of drug-likeness (QED) is 0.633. The van der Waals surface area contributed by atoms with Crippen molar-refractivity contribution < 1.29 is 5.11 Å². The van der Waals surface area contributed by atoms with E-state index in [2.05, 4.69) is 19.1 Å². The lowest BCUT2D eigenvalue weighted by atomic mass is 9.99. The summed E-state index contributed by atoms with van der Waals surface area (Å²) < 4.78 is 0. The van der Waals surface area contributed by atoms with Crippen LogP contribution in [0, 0.1) is 0 Å². The van der Waals surface area contributed by atoms with Crippen molar-refractivity contribution in [2.75, 3.05) is 0 Å². The number of benzene rings is 2. The van der Waals surface area contributed by atoms with Gasteiger partial charge in [0.1, 0.15) is 0 Å². The van der Waals surface area contributed by atoms with E-state index in [4.69, 9.17) is 0 Å². The van der Waals surface area contributed by atoms with Crippen LogP contribution in [0.25, 0.3) is 10.8 Å². The summed E-state index contributed by atoms with van der Waals surface area (Å²) in [5.74, 6) is 0.137. The van der Waals surface area contributed by atoms with Gasteiger partial charge in [-0.3, -0.25) is 5.11 Å². The SMILES string of the molecule is CCCCCCc1cccc2c([O])cccc12. The van der Waals surface area contributed by atoms with Crippen molar-refractivity contribution in [3.8, 4) is 5.75 Å². The monoisotopic (exact) mass is 227 g/mol. The van der Waals surface area contributed by atoms with Crippen LogP contribution in [0.1, 0.15) is 38.2 Å². The van der Waals surface area contributed by atoms with Crippen LogP contribution in [-0.4, -0.2) is 0 Å². The van der Waals surface area contributed by atoms with E-state index in [0.717, 1.165) is 17.2 Å². The summed E-state index contributed by atoms with van der Waals surface area (Å²) in [6, 6.07) is 11.6. The van der Waals surface area contributed by atoms with E-state index in [1.54, 1.807) is 6.07 Å². The minimum absolute atomic E-state index is 0.137. The molecule has 0 atom stereocenters. The normalized spacial score (nSPS) is 10.9. The van der Waals surface area contributed by atoms with Crippen molar-refractivity contribution in [3.63, 3.8) is 0 Å². The first-order chi connectivity index (χ1) is 8.33. The van der Waals surface area contributed by atoms with Gasteiger partial charge in [0.2, 0.25) is 0 Å². The average Bonchev–Trinajstić information content (AvgIpc) is 2.36. The second-order valence-corrected chi connectivity index (χ2v) is 4.58. The highest BCUT2D eigenvalue weighted by molar-refractivity contribution is 5.90. The van der Waals surface area contributed by atoms with Gasteiger partial charge in [-0.1, -0.05) is 56.5 Å². The van der Waals surface area contributed by atoms with Crippen molar-refractivity contribution in [2.45, 2.75) is 39.0 Å². The van der Waals surface area contributed by atoms with Crippen molar-refractivity contribution in [3.05, 3.63) is 42.0 Å². The zero-order chi connectivity index (χ0) is 12.1. The highest BCUT2D eigenvalue weighted by Gasteiger charge is 2.04. The first-order valence-corrected chi connectivity index (χ1v) is 6.50.